The van der Waals surface area contributed by atoms with Crippen LogP contribution in [0.25, 0.3) is 0 Å². The van der Waals surface area contributed by atoms with E-state index in [9.17, 15) is 9.59 Å². The maximum Gasteiger partial charge on any atom is 0.317 e. The Labute approximate surface area is 119 Å². The van der Waals surface area contributed by atoms with Crippen LogP contribution in [-0.2, 0) is 0 Å². The predicted octanol–water partition coefficient (Wildman–Crippen LogP) is 1.56. The number of nitrogens with one attached hydrogen (secondary N) is 1. The van der Waals surface area contributed by atoms with E-state index >= 15 is 0 Å². The maximum atomic E-state index is 12.3. The fourth-order valence-corrected chi connectivity index (χ4v) is 2.29. The molecular weight excluding hydrogens is 254 g/mol. The molecule has 1 aliphatic heterocycles. The Kier molecular flexibility index (Phi) is 4.61. The van der Waals surface area contributed by atoms with Crippen molar-refractivity contribution in [1.29, 1.82) is 0 Å². The molecule has 0 aromatic heterocycles. The van der Waals surface area contributed by atoms with Crippen molar-refractivity contribution < 1.29 is 9.59 Å². The number of carbonyl (C=O) groups is 2. The van der Waals surface area contributed by atoms with Crippen molar-refractivity contribution in [2.24, 2.45) is 0 Å². The molecular formula is C15H21N3O2. The molecule has 0 spiro atoms. The van der Waals surface area contributed by atoms with Crippen molar-refractivity contribution in [3.63, 3.8) is 0 Å². The molecule has 1 heterocycles. The van der Waals surface area contributed by atoms with Crippen molar-refractivity contribution in [2.75, 3.05) is 27.2 Å². The number of urea groups is 1. The van der Waals surface area contributed by atoms with Crippen molar-refractivity contribution >= 4 is 11.9 Å². The third-order valence-electron chi connectivity index (χ3n) is 3.54. The van der Waals surface area contributed by atoms with E-state index in [1.165, 1.54) is 4.90 Å². The Bertz CT molecular complexity index is 465. The number of rotatable bonds is 2. The summed E-state index contributed by atoms with van der Waals surface area (Å²) in [4.78, 5) is 27.2. The van der Waals surface area contributed by atoms with Gasteiger partial charge in [0.1, 0.15) is 0 Å². The summed E-state index contributed by atoms with van der Waals surface area (Å²) in [5.41, 5.74) is 0.725. The number of likely N-dealkylation sites (tertiary alicyclic amines) is 1. The van der Waals surface area contributed by atoms with E-state index in [-0.39, 0.29) is 18.0 Å². The van der Waals surface area contributed by atoms with Crippen LogP contribution in [0.4, 0.5) is 4.79 Å². The normalized spacial score (nSPS) is 15.8. The lowest BCUT2D eigenvalue weighted by atomic mass is 10.0. The highest BCUT2D eigenvalue weighted by atomic mass is 16.2. The molecule has 5 nitrogen and oxygen atoms in total. The van der Waals surface area contributed by atoms with Gasteiger partial charge in [0.2, 0.25) is 0 Å². The van der Waals surface area contributed by atoms with Gasteiger partial charge in [-0.25, -0.2) is 4.79 Å². The molecule has 0 bridgehead atoms. The minimum atomic E-state index is -0.0714. The van der Waals surface area contributed by atoms with Gasteiger partial charge in [-0.05, 0) is 25.0 Å². The van der Waals surface area contributed by atoms with Crippen LogP contribution in [0.5, 0.6) is 0 Å². The molecule has 0 aliphatic carbocycles. The summed E-state index contributed by atoms with van der Waals surface area (Å²) in [6.45, 7) is 1.37. The lowest BCUT2D eigenvalue weighted by Crippen LogP contribution is -2.48. The van der Waals surface area contributed by atoms with Crippen LogP contribution >= 0.6 is 0 Å². The number of benzene rings is 1. The molecule has 1 fully saturated rings. The van der Waals surface area contributed by atoms with Crippen LogP contribution < -0.4 is 5.32 Å². The SMILES string of the molecule is CN(C)C(=O)NC1CCN(C(=O)c2ccccc2)CC1. The topological polar surface area (TPSA) is 52.7 Å². The Morgan fingerprint density at radius 1 is 1.15 bits per heavy atom. The van der Waals surface area contributed by atoms with Crippen LogP contribution in [0.1, 0.15) is 23.2 Å². The van der Waals surface area contributed by atoms with E-state index in [4.69, 9.17) is 0 Å². The van der Waals surface area contributed by atoms with Gasteiger partial charge in [-0.2, -0.15) is 0 Å². The molecule has 20 heavy (non-hydrogen) atoms. The number of hydrogen-bond donors (Lipinski definition) is 1. The zero-order valence-corrected chi connectivity index (χ0v) is 12.0. The van der Waals surface area contributed by atoms with Crippen molar-refractivity contribution in [3.8, 4) is 0 Å². The van der Waals surface area contributed by atoms with Gasteiger partial charge < -0.3 is 15.1 Å². The van der Waals surface area contributed by atoms with Crippen molar-refractivity contribution in [1.82, 2.24) is 15.1 Å². The number of carbonyl (C=O) groups excluding carboxylic acids is 2. The predicted molar refractivity (Wildman–Crippen MR) is 77.6 cm³/mol. The van der Waals surface area contributed by atoms with Crippen LogP contribution in [0, 0.1) is 0 Å². The van der Waals surface area contributed by atoms with Crippen molar-refractivity contribution in [2.45, 2.75) is 18.9 Å². The molecule has 1 aromatic rings. The third-order valence-corrected chi connectivity index (χ3v) is 3.54. The number of nitrogens with zero attached hydrogens (tertiary/aromatic N) is 2. The van der Waals surface area contributed by atoms with Gasteiger partial charge >= 0.3 is 6.03 Å². The standard InChI is InChI=1S/C15H21N3O2/c1-17(2)15(20)16-13-8-10-18(11-9-13)14(19)12-6-4-3-5-7-12/h3-7,13H,8-11H2,1-2H3,(H,16,20). The largest absolute Gasteiger partial charge is 0.338 e. The zero-order valence-electron chi connectivity index (χ0n) is 12.0. The summed E-state index contributed by atoms with van der Waals surface area (Å²) >= 11 is 0. The first kappa shape index (κ1) is 14.4. The molecule has 1 aromatic carbocycles. The van der Waals surface area contributed by atoms with Gasteiger partial charge in [-0.1, -0.05) is 18.2 Å². The molecule has 1 saturated heterocycles. The molecule has 0 unspecified atom stereocenters. The quantitative estimate of drug-likeness (QED) is 0.890. The monoisotopic (exact) mass is 275 g/mol. The molecule has 0 saturated carbocycles. The average Bonchev–Trinajstić information content (AvgIpc) is 2.48. The second-order valence-electron chi connectivity index (χ2n) is 5.28. The first-order chi connectivity index (χ1) is 9.58. The van der Waals surface area contributed by atoms with E-state index < -0.39 is 0 Å². The second-order valence-corrected chi connectivity index (χ2v) is 5.28. The number of piperidine rings is 1. The summed E-state index contributed by atoms with van der Waals surface area (Å²) in [5, 5.41) is 2.97. The molecule has 3 amide bonds. The Hall–Kier alpha value is -2.04. The highest BCUT2D eigenvalue weighted by Gasteiger charge is 2.24. The zero-order chi connectivity index (χ0) is 14.5. The summed E-state index contributed by atoms with van der Waals surface area (Å²) in [6.07, 6.45) is 1.61. The summed E-state index contributed by atoms with van der Waals surface area (Å²) < 4.78 is 0. The molecule has 108 valence electrons. The highest BCUT2D eigenvalue weighted by Crippen LogP contribution is 2.14. The van der Waals surface area contributed by atoms with Gasteiger partial charge in [0.15, 0.2) is 0 Å². The summed E-state index contributed by atoms with van der Waals surface area (Å²) in [5.74, 6) is 0.0722. The molecule has 1 aliphatic rings. The van der Waals surface area contributed by atoms with Crippen molar-refractivity contribution in [3.05, 3.63) is 35.9 Å². The fraction of sp³-hybridized carbons (Fsp3) is 0.467. The smallest absolute Gasteiger partial charge is 0.317 e. The molecule has 1 N–H and O–H groups in total. The Morgan fingerprint density at radius 3 is 2.30 bits per heavy atom. The average molecular weight is 275 g/mol. The van der Waals surface area contributed by atoms with E-state index in [1.807, 2.05) is 35.2 Å². The van der Waals surface area contributed by atoms with Crippen LogP contribution in [0.15, 0.2) is 30.3 Å². The summed E-state index contributed by atoms with van der Waals surface area (Å²) in [7, 11) is 3.45. The Morgan fingerprint density at radius 2 is 1.75 bits per heavy atom. The first-order valence-corrected chi connectivity index (χ1v) is 6.90. The maximum absolute atomic E-state index is 12.3. The van der Waals surface area contributed by atoms with Crippen LogP contribution in [0.2, 0.25) is 0 Å². The molecule has 0 radical (unpaired) electrons. The summed E-state index contributed by atoms with van der Waals surface area (Å²) in [6, 6.07) is 9.40. The number of amides is 3. The second kappa shape index (κ2) is 6.41. The van der Waals surface area contributed by atoms with Gasteiger partial charge in [0.25, 0.3) is 5.91 Å². The lowest BCUT2D eigenvalue weighted by molar-refractivity contribution is 0.0707. The molecule has 0 atom stereocenters. The molecule has 2 rings (SSSR count). The van der Waals surface area contributed by atoms with Gasteiger partial charge in [-0.3, -0.25) is 4.79 Å². The first-order valence-electron chi connectivity index (χ1n) is 6.90. The van der Waals surface area contributed by atoms with E-state index in [0.29, 0.717) is 13.1 Å². The van der Waals surface area contributed by atoms with Gasteiger partial charge in [0, 0.05) is 38.8 Å². The minimum absolute atomic E-state index is 0.0714. The highest BCUT2D eigenvalue weighted by molar-refractivity contribution is 5.94. The van der Waals surface area contributed by atoms with E-state index in [1.54, 1.807) is 14.1 Å². The Balaban J connectivity index is 1.85. The van der Waals surface area contributed by atoms with E-state index in [0.717, 1.165) is 18.4 Å². The van der Waals surface area contributed by atoms with E-state index in [2.05, 4.69) is 5.32 Å². The minimum Gasteiger partial charge on any atom is -0.338 e. The van der Waals surface area contributed by atoms with Gasteiger partial charge in [0.05, 0.1) is 0 Å². The van der Waals surface area contributed by atoms with Crippen LogP contribution in [-0.4, -0.2) is 55.0 Å². The third kappa shape index (κ3) is 3.50. The fourth-order valence-electron chi connectivity index (χ4n) is 2.29. The van der Waals surface area contributed by atoms with Gasteiger partial charge in [-0.15, -0.1) is 0 Å². The number of hydrogen-bond acceptors (Lipinski definition) is 2. The van der Waals surface area contributed by atoms with Crippen LogP contribution in [0.3, 0.4) is 0 Å². The lowest BCUT2D eigenvalue weighted by Gasteiger charge is -2.33. The molecule has 5 heteroatoms.